The fourth-order valence-corrected chi connectivity index (χ4v) is 3.25. The molecule has 0 aliphatic rings. The fourth-order valence-electron chi connectivity index (χ4n) is 2.48. The first-order chi connectivity index (χ1) is 11.9. The van der Waals surface area contributed by atoms with E-state index in [9.17, 15) is 9.59 Å². The lowest BCUT2D eigenvalue weighted by Crippen LogP contribution is -2.41. The summed E-state index contributed by atoms with van der Waals surface area (Å²) in [6, 6.07) is 0. The predicted octanol–water partition coefficient (Wildman–Crippen LogP) is 1.37. The van der Waals surface area contributed by atoms with Gasteiger partial charge in [-0.2, -0.15) is 0 Å². The third-order valence-electron chi connectivity index (χ3n) is 3.67. The highest BCUT2D eigenvalue weighted by molar-refractivity contribution is 7.13. The minimum Gasteiger partial charge on any atom is -0.384 e. The number of thiazole rings is 1. The number of hydrogen-bond acceptors (Lipinski definition) is 7. The van der Waals surface area contributed by atoms with Gasteiger partial charge in [-0.3, -0.25) is 23.9 Å². The molecule has 0 aliphatic carbocycles. The van der Waals surface area contributed by atoms with Gasteiger partial charge in [-0.05, 0) is 5.92 Å². The summed E-state index contributed by atoms with van der Waals surface area (Å²) in [4.78, 5) is 37.7. The maximum absolute atomic E-state index is 12.6. The highest BCUT2D eigenvalue weighted by atomic mass is 32.1. The van der Waals surface area contributed by atoms with Gasteiger partial charge in [-0.15, -0.1) is 11.3 Å². The summed E-state index contributed by atoms with van der Waals surface area (Å²) in [5.74, 6) is 0.341. The van der Waals surface area contributed by atoms with Gasteiger partial charge < -0.3 is 5.73 Å². The molecule has 25 heavy (non-hydrogen) atoms. The minimum atomic E-state index is -0.460. The molecule has 0 atom stereocenters. The summed E-state index contributed by atoms with van der Waals surface area (Å²) in [7, 11) is 1.44. The number of aromatic nitrogens is 5. The summed E-state index contributed by atoms with van der Waals surface area (Å²) in [6.07, 6.45) is 4.75. The summed E-state index contributed by atoms with van der Waals surface area (Å²) in [6.45, 7) is 4.38. The highest BCUT2D eigenvalue weighted by Crippen LogP contribution is 2.28. The van der Waals surface area contributed by atoms with E-state index in [-0.39, 0.29) is 17.3 Å². The molecule has 0 aliphatic heterocycles. The SMILES string of the molecule is CC(C)Cn1c(N)c(-c2csc(-c3cnccn3)n2)c(=O)n(C)c1=O. The molecule has 3 aromatic rings. The Bertz CT molecular complexity index is 1020. The van der Waals surface area contributed by atoms with E-state index in [2.05, 4.69) is 15.0 Å². The van der Waals surface area contributed by atoms with Crippen LogP contribution >= 0.6 is 11.3 Å². The molecule has 0 spiro atoms. The maximum atomic E-state index is 12.6. The van der Waals surface area contributed by atoms with Gasteiger partial charge in [0.2, 0.25) is 0 Å². The Labute approximate surface area is 147 Å². The summed E-state index contributed by atoms with van der Waals surface area (Å²) in [5, 5.41) is 2.37. The van der Waals surface area contributed by atoms with Crippen LogP contribution in [0, 0.1) is 5.92 Å². The van der Waals surface area contributed by atoms with Crippen LogP contribution in [0.25, 0.3) is 22.0 Å². The lowest BCUT2D eigenvalue weighted by atomic mass is 10.2. The predicted molar refractivity (Wildman–Crippen MR) is 97.3 cm³/mol. The Hall–Kier alpha value is -2.81. The topological polar surface area (TPSA) is 109 Å². The molecule has 0 saturated heterocycles. The molecule has 3 heterocycles. The van der Waals surface area contributed by atoms with Crippen molar-refractivity contribution < 1.29 is 0 Å². The fraction of sp³-hybridized carbons (Fsp3) is 0.312. The van der Waals surface area contributed by atoms with Crippen molar-refractivity contribution in [2.45, 2.75) is 20.4 Å². The van der Waals surface area contributed by atoms with Gasteiger partial charge in [0.1, 0.15) is 22.1 Å². The van der Waals surface area contributed by atoms with E-state index in [4.69, 9.17) is 5.73 Å². The van der Waals surface area contributed by atoms with Crippen LogP contribution in [0.3, 0.4) is 0 Å². The molecule has 2 N–H and O–H groups in total. The smallest absolute Gasteiger partial charge is 0.332 e. The van der Waals surface area contributed by atoms with Gasteiger partial charge >= 0.3 is 5.69 Å². The van der Waals surface area contributed by atoms with Crippen LogP contribution in [0.4, 0.5) is 5.82 Å². The molecule has 0 bridgehead atoms. The Morgan fingerprint density at radius 2 is 2.00 bits per heavy atom. The Kier molecular flexibility index (Phi) is 4.49. The Morgan fingerprint density at radius 3 is 2.64 bits per heavy atom. The van der Waals surface area contributed by atoms with Gasteiger partial charge in [0.05, 0.1) is 11.9 Å². The Balaban J connectivity index is 2.18. The molecule has 8 nitrogen and oxygen atoms in total. The van der Waals surface area contributed by atoms with E-state index in [1.807, 2.05) is 13.8 Å². The van der Waals surface area contributed by atoms with Crippen molar-refractivity contribution in [1.29, 1.82) is 0 Å². The third-order valence-corrected chi connectivity index (χ3v) is 4.54. The quantitative estimate of drug-likeness (QED) is 0.754. The van der Waals surface area contributed by atoms with Crippen LogP contribution in [0.5, 0.6) is 0 Å². The van der Waals surface area contributed by atoms with Crippen molar-refractivity contribution >= 4 is 17.2 Å². The zero-order valence-corrected chi connectivity index (χ0v) is 14.9. The molecule has 0 aromatic carbocycles. The number of hydrogen-bond donors (Lipinski definition) is 1. The van der Waals surface area contributed by atoms with E-state index < -0.39 is 11.2 Å². The lowest BCUT2D eigenvalue weighted by molar-refractivity contribution is 0.494. The van der Waals surface area contributed by atoms with Crippen LogP contribution in [0.15, 0.2) is 33.6 Å². The number of rotatable bonds is 4. The second kappa shape index (κ2) is 6.60. The van der Waals surface area contributed by atoms with Crippen molar-refractivity contribution in [2.24, 2.45) is 13.0 Å². The molecule has 0 unspecified atom stereocenters. The molecule has 9 heteroatoms. The van der Waals surface area contributed by atoms with Crippen LogP contribution in [-0.4, -0.2) is 24.1 Å². The van der Waals surface area contributed by atoms with Gasteiger partial charge in [0.15, 0.2) is 0 Å². The zero-order valence-electron chi connectivity index (χ0n) is 14.1. The van der Waals surface area contributed by atoms with Crippen LogP contribution in [0.1, 0.15) is 13.8 Å². The number of nitrogen functional groups attached to an aromatic ring is 1. The van der Waals surface area contributed by atoms with E-state index in [1.165, 1.54) is 23.0 Å². The zero-order chi connectivity index (χ0) is 18.1. The summed E-state index contributed by atoms with van der Waals surface area (Å²) < 4.78 is 2.48. The molecule has 0 radical (unpaired) electrons. The van der Waals surface area contributed by atoms with Crippen LogP contribution in [-0.2, 0) is 13.6 Å². The van der Waals surface area contributed by atoms with E-state index in [0.29, 0.717) is 22.9 Å². The van der Waals surface area contributed by atoms with E-state index >= 15 is 0 Å². The largest absolute Gasteiger partial charge is 0.384 e. The molecule has 3 rings (SSSR count). The van der Waals surface area contributed by atoms with Crippen molar-refractivity contribution in [3.8, 4) is 22.0 Å². The number of nitrogens with two attached hydrogens (primary N) is 1. The number of anilines is 1. The summed E-state index contributed by atoms with van der Waals surface area (Å²) in [5.41, 5.74) is 6.56. The molecule has 130 valence electrons. The average molecular weight is 358 g/mol. The lowest BCUT2D eigenvalue weighted by Gasteiger charge is -2.15. The van der Waals surface area contributed by atoms with Crippen LogP contribution < -0.4 is 17.0 Å². The number of nitrogens with zero attached hydrogens (tertiary/aromatic N) is 5. The van der Waals surface area contributed by atoms with Crippen molar-refractivity contribution in [2.75, 3.05) is 5.73 Å². The van der Waals surface area contributed by atoms with Crippen molar-refractivity contribution in [1.82, 2.24) is 24.1 Å². The molecule has 0 saturated carbocycles. The minimum absolute atomic E-state index is 0.137. The van der Waals surface area contributed by atoms with Gasteiger partial charge in [0, 0.05) is 31.4 Å². The first kappa shape index (κ1) is 17.0. The van der Waals surface area contributed by atoms with Crippen molar-refractivity contribution in [3.63, 3.8) is 0 Å². The summed E-state index contributed by atoms with van der Waals surface area (Å²) >= 11 is 1.34. The first-order valence-electron chi connectivity index (χ1n) is 7.71. The van der Waals surface area contributed by atoms with Crippen LogP contribution in [0.2, 0.25) is 0 Å². The van der Waals surface area contributed by atoms with E-state index in [1.54, 1.807) is 24.0 Å². The monoisotopic (exact) mass is 358 g/mol. The highest BCUT2D eigenvalue weighted by Gasteiger charge is 2.20. The molecule has 0 fully saturated rings. The van der Waals surface area contributed by atoms with Gasteiger partial charge in [0.25, 0.3) is 5.56 Å². The van der Waals surface area contributed by atoms with E-state index in [0.717, 1.165) is 4.57 Å². The average Bonchev–Trinajstić information content (AvgIpc) is 3.07. The van der Waals surface area contributed by atoms with Crippen molar-refractivity contribution in [3.05, 3.63) is 44.8 Å². The van der Waals surface area contributed by atoms with Gasteiger partial charge in [-0.25, -0.2) is 9.78 Å². The molecular formula is C16H18N6O2S. The maximum Gasteiger partial charge on any atom is 0.332 e. The van der Waals surface area contributed by atoms with Gasteiger partial charge in [-0.1, -0.05) is 13.8 Å². The second-order valence-electron chi connectivity index (χ2n) is 6.04. The standard InChI is InChI=1S/C16H18N6O2S/c1-9(2)7-22-13(17)12(15(23)21(3)16(22)24)11-8-25-14(20-11)10-6-18-4-5-19-10/h4-6,8-9H,7,17H2,1-3H3. The Morgan fingerprint density at radius 1 is 1.24 bits per heavy atom. The molecular weight excluding hydrogens is 340 g/mol. The molecule has 0 amide bonds. The first-order valence-corrected chi connectivity index (χ1v) is 8.59. The normalized spacial score (nSPS) is 11.2. The second-order valence-corrected chi connectivity index (χ2v) is 6.90. The molecule has 3 aromatic heterocycles. The third kappa shape index (κ3) is 3.10.